The van der Waals surface area contributed by atoms with Gasteiger partial charge in [-0.25, -0.2) is 4.79 Å². The molecule has 0 aromatic heterocycles. The molecule has 0 aliphatic carbocycles. The molecule has 1 amide bonds. The summed E-state index contributed by atoms with van der Waals surface area (Å²) in [4.78, 5) is 11.7. The van der Waals surface area contributed by atoms with Crippen LogP contribution in [0.4, 0.5) is 4.79 Å². The smallest absolute Gasteiger partial charge is 0.407 e. The van der Waals surface area contributed by atoms with E-state index in [9.17, 15) is 4.79 Å². The van der Waals surface area contributed by atoms with Crippen molar-refractivity contribution < 1.29 is 9.53 Å². The van der Waals surface area contributed by atoms with Gasteiger partial charge in [0, 0.05) is 11.4 Å². The van der Waals surface area contributed by atoms with E-state index < -0.39 is 5.60 Å². The van der Waals surface area contributed by atoms with E-state index in [1.54, 1.807) is 0 Å². The lowest BCUT2D eigenvalue weighted by molar-refractivity contribution is 0.0528. The van der Waals surface area contributed by atoms with Crippen LogP contribution in [0.3, 0.4) is 0 Å². The molecule has 0 aromatic rings. The van der Waals surface area contributed by atoms with Crippen molar-refractivity contribution in [3.05, 3.63) is 0 Å². The van der Waals surface area contributed by atoms with Crippen LogP contribution >= 0.6 is 15.9 Å². The summed E-state index contributed by atoms with van der Waals surface area (Å²) >= 11 is 3.55. The van der Waals surface area contributed by atoms with Gasteiger partial charge in [-0.2, -0.15) is 0 Å². The molecule has 0 aromatic carbocycles. The Bertz CT molecular complexity index is 202. The number of carbonyl (C=O) groups is 1. The standard InChI is InChI=1S/C12H24BrNO2/c1-5-6-7-8-10(13)9-14-11(15)16-12(2,3)4/h10H,5-9H2,1-4H3,(H,14,15). The van der Waals surface area contributed by atoms with Crippen LogP contribution in [0.5, 0.6) is 0 Å². The number of halogens is 1. The molecule has 4 heteroatoms. The fourth-order valence-corrected chi connectivity index (χ4v) is 1.71. The van der Waals surface area contributed by atoms with Crippen molar-refractivity contribution in [2.75, 3.05) is 6.54 Å². The summed E-state index contributed by atoms with van der Waals surface area (Å²) in [6.07, 6.45) is 4.41. The molecule has 96 valence electrons. The van der Waals surface area contributed by atoms with Crippen molar-refractivity contribution in [1.82, 2.24) is 5.32 Å². The number of hydrogen-bond acceptors (Lipinski definition) is 2. The summed E-state index contributed by atoms with van der Waals surface area (Å²) in [6, 6.07) is 0. The Balaban J connectivity index is 3.59. The molecule has 0 aliphatic heterocycles. The van der Waals surface area contributed by atoms with E-state index in [-0.39, 0.29) is 6.09 Å². The third-order valence-corrected chi connectivity index (χ3v) is 2.77. The summed E-state index contributed by atoms with van der Waals surface area (Å²) in [6.45, 7) is 8.39. The molecular weight excluding hydrogens is 270 g/mol. The van der Waals surface area contributed by atoms with Gasteiger partial charge in [0.25, 0.3) is 0 Å². The first-order valence-electron chi connectivity index (χ1n) is 5.96. The molecular formula is C12H24BrNO2. The minimum atomic E-state index is -0.423. The number of alkyl carbamates (subject to hydrolysis) is 1. The van der Waals surface area contributed by atoms with Gasteiger partial charge in [0.15, 0.2) is 0 Å². The van der Waals surface area contributed by atoms with Crippen LogP contribution in [0.15, 0.2) is 0 Å². The molecule has 16 heavy (non-hydrogen) atoms. The van der Waals surface area contributed by atoms with Gasteiger partial charge in [0.2, 0.25) is 0 Å². The Morgan fingerprint density at radius 2 is 2.00 bits per heavy atom. The maximum atomic E-state index is 11.3. The van der Waals surface area contributed by atoms with Crippen LogP contribution in [0.1, 0.15) is 53.4 Å². The normalized spacial score (nSPS) is 13.3. The minimum Gasteiger partial charge on any atom is -0.444 e. The fourth-order valence-electron chi connectivity index (χ4n) is 1.23. The Hall–Kier alpha value is -0.250. The zero-order valence-electron chi connectivity index (χ0n) is 10.8. The maximum absolute atomic E-state index is 11.3. The Kier molecular flexibility index (Phi) is 7.81. The second-order valence-corrected chi connectivity index (χ2v) is 6.27. The number of ether oxygens (including phenoxy) is 1. The predicted octanol–water partition coefficient (Wildman–Crippen LogP) is 3.85. The van der Waals surface area contributed by atoms with Gasteiger partial charge in [-0.15, -0.1) is 0 Å². The molecule has 0 aliphatic rings. The van der Waals surface area contributed by atoms with Gasteiger partial charge in [-0.1, -0.05) is 42.1 Å². The zero-order valence-corrected chi connectivity index (χ0v) is 12.4. The summed E-state index contributed by atoms with van der Waals surface area (Å²) in [7, 11) is 0. The van der Waals surface area contributed by atoms with Crippen LogP contribution in [-0.2, 0) is 4.74 Å². The lowest BCUT2D eigenvalue weighted by Crippen LogP contribution is -2.35. The van der Waals surface area contributed by atoms with Crippen LogP contribution in [-0.4, -0.2) is 23.1 Å². The highest BCUT2D eigenvalue weighted by Crippen LogP contribution is 2.11. The van der Waals surface area contributed by atoms with E-state index in [2.05, 4.69) is 28.2 Å². The first kappa shape index (κ1) is 15.8. The first-order valence-corrected chi connectivity index (χ1v) is 6.87. The van der Waals surface area contributed by atoms with E-state index in [1.807, 2.05) is 20.8 Å². The molecule has 1 unspecified atom stereocenters. The quantitative estimate of drug-likeness (QED) is 0.597. The number of rotatable bonds is 6. The monoisotopic (exact) mass is 293 g/mol. The SMILES string of the molecule is CCCCCC(Br)CNC(=O)OC(C)(C)C. The summed E-state index contributed by atoms with van der Waals surface area (Å²) < 4.78 is 5.14. The average molecular weight is 294 g/mol. The molecule has 0 saturated heterocycles. The van der Waals surface area contributed by atoms with E-state index in [0.29, 0.717) is 11.4 Å². The Labute approximate surface area is 107 Å². The van der Waals surface area contributed by atoms with Crippen molar-refractivity contribution in [3.63, 3.8) is 0 Å². The zero-order chi connectivity index (χ0) is 12.6. The van der Waals surface area contributed by atoms with Gasteiger partial charge < -0.3 is 10.1 Å². The third kappa shape index (κ3) is 10.3. The fraction of sp³-hybridized carbons (Fsp3) is 0.917. The van der Waals surface area contributed by atoms with Crippen molar-refractivity contribution >= 4 is 22.0 Å². The number of hydrogen-bond donors (Lipinski definition) is 1. The molecule has 0 heterocycles. The molecule has 1 N–H and O–H groups in total. The number of unbranched alkanes of at least 4 members (excludes halogenated alkanes) is 2. The Morgan fingerprint density at radius 3 is 2.50 bits per heavy atom. The molecule has 0 fully saturated rings. The highest BCUT2D eigenvalue weighted by molar-refractivity contribution is 9.09. The lowest BCUT2D eigenvalue weighted by Gasteiger charge is -2.20. The van der Waals surface area contributed by atoms with Gasteiger partial charge in [-0.3, -0.25) is 0 Å². The van der Waals surface area contributed by atoms with Crippen LogP contribution in [0.25, 0.3) is 0 Å². The molecule has 0 rings (SSSR count). The third-order valence-electron chi connectivity index (χ3n) is 1.99. The minimum absolute atomic E-state index is 0.339. The van der Waals surface area contributed by atoms with Crippen molar-refractivity contribution in [1.29, 1.82) is 0 Å². The van der Waals surface area contributed by atoms with Crippen LogP contribution < -0.4 is 5.32 Å². The van der Waals surface area contributed by atoms with Crippen molar-refractivity contribution in [2.45, 2.75) is 63.8 Å². The van der Waals surface area contributed by atoms with Gasteiger partial charge in [0.05, 0.1) is 0 Å². The summed E-state index contributed by atoms with van der Waals surface area (Å²) in [5.41, 5.74) is -0.423. The van der Waals surface area contributed by atoms with E-state index in [4.69, 9.17) is 4.74 Å². The van der Waals surface area contributed by atoms with Gasteiger partial charge >= 0.3 is 6.09 Å². The number of alkyl halides is 1. The van der Waals surface area contributed by atoms with E-state index in [1.165, 1.54) is 19.3 Å². The van der Waals surface area contributed by atoms with Crippen LogP contribution in [0, 0.1) is 0 Å². The maximum Gasteiger partial charge on any atom is 0.407 e. The molecule has 0 bridgehead atoms. The number of carbonyl (C=O) groups excluding carboxylic acids is 1. The highest BCUT2D eigenvalue weighted by Gasteiger charge is 2.16. The molecule has 0 spiro atoms. The van der Waals surface area contributed by atoms with E-state index >= 15 is 0 Å². The van der Waals surface area contributed by atoms with Crippen molar-refractivity contribution in [2.24, 2.45) is 0 Å². The topological polar surface area (TPSA) is 38.3 Å². The number of nitrogens with one attached hydrogen (secondary N) is 1. The molecule has 0 radical (unpaired) electrons. The second kappa shape index (κ2) is 7.93. The van der Waals surface area contributed by atoms with Gasteiger partial charge in [-0.05, 0) is 27.2 Å². The first-order chi connectivity index (χ1) is 7.35. The largest absolute Gasteiger partial charge is 0.444 e. The average Bonchev–Trinajstić information content (AvgIpc) is 2.12. The molecule has 3 nitrogen and oxygen atoms in total. The number of amides is 1. The van der Waals surface area contributed by atoms with Gasteiger partial charge in [0.1, 0.15) is 5.60 Å². The lowest BCUT2D eigenvalue weighted by atomic mass is 10.1. The second-order valence-electron chi connectivity index (χ2n) is 4.98. The predicted molar refractivity (Wildman–Crippen MR) is 71.1 cm³/mol. The van der Waals surface area contributed by atoms with E-state index in [0.717, 1.165) is 6.42 Å². The molecule has 1 atom stereocenters. The summed E-state index contributed by atoms with van der Waals surface area (Å²) in [5, 5.41) is 2.76. The summed E-state index contributed by atoms with van der Waals surface area (Å²) in [5.74, 6) is 0. The highest BCUT2D eigenvalue weighted by atomic mass is 79.9. The van der Waals surface area contributed by atoms with Crippen LogP contribution in [0.2, 0.25) is 0 Å². The Morgan fingerprint density at radius 1 is 1.38 bits per heavy atom. The van der Waals surface area contributed by atoms with Crippen molar-refractivity contribution in [3.8, 4) is 0 Å². The molecule has 0 saturated carbocycles.